The van der Waals surface area contributed by atoms with Gasteiger partial charge in [0.05, 0.1) is 0 Å². The van der Waals surface area contributed by atoms with Crippen LogP contribution in [0.5, 0.6) is 11.5 Å². The van der Waals surface area contributed by atoms with Crippen LogP contribution in [0.15, 0.2) is 18.2 Å². The maximum atomic E-state index is 9.52. The molecule has 2 aliphatic carbocycles. The molecule has 3 nitrogen and oxygen atoms in total. The van der Waals surface area contributed by atoms with E-state index in [2.05, 4.69) is 12.2 Å². The van der Waals surface area contributed by atoms with Crippen LogP contribution in [-0.4, -0.2) is 16.3 Å². The number of hydrogen-bond acceptors (Lipinski definition) is 3. The van der Waals surface area contributed by atoms with Crippen LogP contribution in [0.3, 0.4) is 0 Å². The number of hydrogen-bond donors (Lipinski definition) is 3. The van der Waals surface area contributed by atoms with Crippen LogP contribution in [0.4, 0.5) is 0 Å². The summed E-state index contributed by atoms with van der Waals surface area (Å²) in [7, 11) is 0. The van der Waals surface area contributed by atoms with E-state index >= 15 is 0 Å². The Morgan fingerprint density at radius 2 is 1.83 bits per heavy atom. The SMILES string of the molecule is CC(NC1CC2CCC1C2)c1cc(O)cc(O)c1. The molecule has 0 heterocycles. The van der Waals surface area contributed by atoms with E-state index in [-0.39, 0.29) is 17.5 Å². The van der Waals surface area contributed by atoms with Gasteiger partial charge in [-0.25, -0.2) is 0 Å². The fraction of sp³-hybridized carbons (Fsp3) is 0.600. The van der Waals surface area contributed by atoms with Crippen molar-refractivity contribution in [2.75, 3.05) is 0 Å². The number of phenols is 2. The molecule has 4 unspecified atom stereocenters. The van der Waals surface area contributed by atoms with Crippen molar-refractivity contribution in [3.8, 4) is 11.5 Å². The minimum atomic E-state index is 0.131. The molecule has 2 bridgehead atoms. The van der Waals surface area contributed by atoms with E-state index in [1.165, 1.54) is 31.7 Å². The second kappa shape index (κ2) is 4.47. The van der Waals surface area contributed by atoms with E-state index in [9.17, 15) is 10.2 Å². The summed E-state index contributed by atoms with van der Waals surface area (Å²) in [6.45, 7) is 2.10. The summed E-state index contributed by atoms with van der Waals surface area (Å²) < 4.78 is 0. The highest BCUT2D eigenvalue weighted by Crippen LogP contribution is 2.45. The first-order valence-corrected chi connectivity index (χ1v) is 6.91. The van der Waals surface area contributed by atoms with E-state index in [0.29, 0.717) is 6.04 Å². The molecule has 2 aliphatic rings. The maximum Gasteiger partial charge on any atom is 0.119 e. The standard InChI is InChI=1S/C15H21NO2/c1-9(12-6-13(17)8-14(18)7-12)16-15-5-10-2-3-11(15)4-10/h6-11,15-18H,2-5H2,1H3. The summed E-state index contributed by atoms with van der Waals surface area (Å²) in [5, 5.41) is 22.7. The molecule has 3 rings (SSSR count). The maximum absolute atomic E-state index is 9.52. The Balaban J connectivity index is 1.69. The molecule has 0 radical (unpaired) electrons. The van der Waals surface area contributed by atoms with Crippen LogP contribution >= 0.6 is 0 Å². The Labute approximate surface area is 108 Å². The molecule has 4 atom stereocenters. The van der Waals surface area contributed by atoms with Gasteiger partial charge in [0, 0.05) is 18.2 Å². The second-order valence-electron chi connectivity index (χ2n) is 5.95. The fourth-order valence-electron chi connectivity index (χ4n) is 3.73. The topological polar surface area (TPSA) is 52.5 Å². The Morgan fingerprint density at radius 3 is 2.39 bits per heavy atom. The molecule has 0 aromatic heterocycles. The molecule has 18 heavy (non-hydrogen) atoms. The first-order valence-electron chi connectivity index (χ1n) is 6.91. The van der Waals surface area contributed by atoms with E-state index in [4.69, 9.17) is 0 Å². The van der Waals surface area contributed by atoms with Gasteiger partial charge in [-0.05, 0) is 55.7 Å². The van der Waals surface area contributed by atoms with Crippen molar-refractivity contribution in [1.29, 1.82) is 0 Å². The third-order valence-electron chi connectivity index (χ3n) is 4.63. The van der Waals surface area contributed by atoms with Crippen LogP contribution < -0.4 is 5.32 Å². The van der Waals surface area contributed by atoms with Gasteiger partial charge in [0.15, 0.2) is 0 Å². The predicted octanol–water partition coefficient (Wildman–Crippen LogP) is 2.94. The van der Waals surface area contributed by atoms with Gasteiger partial charge in [-0.1, -0.05) is 6.42 Å². The summed E-state index contributed by atoms with van der Waals surface area (Å²) >= 11 is 0. The van der Waals surface area contributed by atoms with Crippen molar-refractivity contribution in [3.05, 3.63) is 23.8 Å². The monoisotopic (exact) mass is 247 g/mol. The van der Waals surface area contributed by atoms with Gasteiger partial charge in [0.25, 0.3) is 0 Å². The zero-order chi connectivity index (χ0) is 12.7. The molecule has 1 aromatic carbocycles. The van der Waals surface area contributed by atoms with E-state index < -0.39 is 0 Å². The molecule has 98 valence electrons. The normalized spacial score (nSPS) is 31.7. The lowest BCUT2D eigenvalue weighted by Gasteiger charge is -2.27. The largest absolute Gasteiger partial charge is 0.508 e. The smallest absolute Gasteiger partial charge is 0.119 e. The molecular weight excluding hydrogens is 226 g/mol. The number of benzene rings is 1. The minimum absolute atomic E-state index is 0.131. The lowest BCUT2D eigenvalue weighted by atomic mass is 9.94. The summed E-state index contributed by atoms with van der Waals surface area (Å²) in [5.41, 5.74) is 0.954. The summed E-state index contributed by atoms with van der Waals surface area (Å²) in [6.07, 6.45) is 5.44. The van der Waals surface area contributed by atoms with Gasteiger partial charge in [-0.2, -0.15) is 0 Å². The van der Waals surface area contributed by atoms with E-state index in [1.807, 2.05) is 0 Å². The fourth-order valence-corrected chi connectivity index (χ4v) is 3.73. The molecule has 1 aromatic rings. The van der Waals surface area contributed by atoms with Crippen LogP contribution in [0.25, 0.3) is 0 Å². The molecule has 2 fully saturated rings. The number of aromatic hydroxyl groups is 2. The van der Waals surface area contributed by atoms with Crippen molar-refractivity contribution in [3.63, 3.8) is 0 Å². The van der Waals surface area contributed by atoms with E-state index in [1.54, 1.807) is 12.1 Å². The summed E-state index contributed by atoms with van der Waals surface area (Å²) in [5.74, 6) is 2.03. The molecule has 0 aliphatic heterocycles. The Hall–Kier alpha value is -1.22. The zero-order valence-corrected chi connectivity index (χ0v) is 10.8. The first kappa shape index (κ1) is 11.8. The number of phenolic OH excluding ortho intramolecular Hbond substituents is 2. The summed E-state index contributed by atoms with van der Waals surface area (Å²) in [4.78, 5) is 0. The number of fused-ring (bicyclic) bond motifs is 2. The van der Waals surface area contributed by atoms with Crippen LogP contribution in [-0.2, 0) is 0 Å². The highest BCUT2D eigenvalue weighted by molar-refractivity contribution is 5.38. The zero-order valence-electron chi connectivity index (χ0n) is 10.8. The van der Waals surface area contributed by atoms with Crippen LogP contribution in [0.1, 0.15) is 44.2 Å². The van der Waals surface area contributed by atoms with Crippen molar-refractivity contribution >= 4 is 0 Å². The van der Waals surface area contributed by atoms with Crippen LogP contribution in [0, 0.1) is 11.8 Å². The van der Waals surface area contributed by atoms with Gasteiger partial charge in [-0.15, -0.1) is 0 Å². The summed E-state index contributed by atoms with van der Waals surface area (Å²) in [6, 6.07) is 5.61. The number of nitrogens with one attached hydrogen (secondary N) is 1. The predicted molar refractivity (Wildman–Crippen MR) is 70.6 cm³/mol. The van der Waals surface area contributed by atoms with Crippen molar-refractivity contribution in [1.82, 2.24) is 5.32 Å². The molecule has 2 saturated carbocycles. The van der Waals surface area contributed by atoms with E-state index in [0.717, 1.165) is 17.4 Å². The highest BCUT2D eigenvalue weighted by Gasteiger charge is 2.39. The number of rotatable bonds is 3. The van der Waals surface area contributed by atoms with Gasteiger partial charge in [0.2, 0.25) is 0 Å². The lowest BCUT2D eigenvalue weighted by molar-refractivity contribution is 0.326. The van der Waals surface area contributed by atoms with Gasteiger partial charge in [0.1, 0.15) is 11.5 Å². The quantitative estimate of drug-likeness (QED) is 0.769. The molecular formula is C15H21NO2. The third kappa shape index (κ3) is 2.19. The average Bonchev–Trinajstić information content (AvgIpc) is 2.89. The Kier molecular flexibility index (Phi) is 2.94. The minimum Gasteiger partial charge on any atom is -0.508 e. The third-order valence-corrected chi connectivity index (χ3v) is 4.63. The molecule has 0 spiro atoms. The van der Waals surface area contributed by atoms with Crippen LogP contribution in [0.2, 0.25) is 0 Å². The van der Waals surface area contributed by atoms with Crippen molar-refractivity contribution < 1.29 is 10.2 Å². The Morgan fingerprint density at radius 1 is 1.11 bits per heavy atom. The molecule has 3 N–H and O–H groups in total. The first-order chi connectivity index (χ1) is 8.61. The average molecular weight is 247 g/mol. The van der Waals surface area contributed by atoms with Gasteiger partial charge < -0.3 is 15.5 Å². The van der Waals surface area contributed by atoms with Gasteiger partial charge in [-0.3, -0.25) is 0 Å². The highest BCUT2D eigenvalue weighted by atomic mass is 16.3. The second-order valence-corrected chi connectivity index (χ2v) is 5.95. The molecule has 0 saturated heterocycles. The van der Waals surface area contributed by atoms with Crippen molar-refractivity contribution in [2.45, 2.75) is 44.7 Å². The molecule has 3 heteroatoms. The molecule has 0 amide bonds. The van der Waals surface area contributed by atoms with Gasteiger partial charge >= 0.3 is 0 Å². The van der Waals surface area contributed by atoms with Crippen molar-refractivity contribution in [2.24, 2.45) is 11.8 Å². The Bertz CT molecular complexity index is 426. The lowest BCUT2D eigenvalue weighted by Crippen LogP contribution is -2.35.